The molecule has 1 aliphatic rings. The fourth-order valence-corrected chi connectivity index (χ4v) is 3.16. The first kappa shape index (κ1) is 12.6. The summed E-state index contributed by atoms with van der Waals surface area (Å²) in [6.07, 6.45) is 6.09. The average molecular weight is 235 g/mol. The van der Waals surface area contributed by atoms with Crippen molar-refractivity contribution in [3.8, 4) is 0 Å². The van der Waals surface area contributed by atoms with Crippen LogP contribution in [0.4, 0.5) is 4.39 Å². The molecule has 0 radical (unpaired) electrons. The number of hydrogen-bond donors (Lipinski definition) is 1. The lowest BCUT2D eigenvalue weighted by molar-refractivity contribution is 0.299. The Morgan fingerprint density at radius 3 is 2.35 bits per heavy atom. The van der Waals surface area contributed by atoms with Crippen LogP contribution in [0.5, 0.6) is 0 Å². The van der Waals surface area contributed by atoms with Gasteiger partial charge in [0.25, 0.3) is 0 Å². The second-order valence-corrected chi connectivity index (χ2v) is 5.46. The number of aryl methyl sites for hydroxylation is 2. The SMILES string of the molecule is Cc1cc(C2(CN)CCCCC2)c(C)cc1F. The van der Waals surface area contributed by atoms with E-state index in [9.17, 15) is 4.39 Å². The molecular formula is C15H22FN. The minimum atomic E-state index is -0.103. The van der Waals surface area contributed by atoms with Crippen LogP contribution in [-0.2, 0) is 5.41 Å². The van der Waals surface area contributed by atoms with Crippen molar-refractivity contribution in [1.29, 1.82) is 0 Å². The summed E-state index contributed by atoms with van der Waals surface area (Å²) < 4.78 is 13.5. The van der Waals surface area contributed by atoms with Gasteiger partial charge in [-0.3, -0.25) is 0 Å². The highest BCUT2D eigenvalue weighted by Crippen LogP contribution is 2.40. The first-order chi connectivity index (χ1) is 8.09. The lowest BCUT2D eigenvalue weighted by Gasteiger charge is -2.38. The molecule has 2 rings (SSSR count). The highest BCUT2D eigenvalue weighted by Gasteiger charge is 2.33. The van der Waals surface area contributed by atoms with E-state index < -0.39 is 0 Å². The minimum Gasteiger partial charge on any atom is -0.330 e. The number of benzene rings is 1. The van der Waals surface area contributed by atoms with E-state index in [2.05, 4.69) is 0 Å². The maximum absolute atomic E-state index is 13.5. The van der Waals surface area contributed by atoms with E-state index in [-0.39, 0.29) is 11.2 Å². The molecule has 0 amide bonds. The fraction of sp³-hybridized carbons (Fsp3) is 0.600. The number of nitrogens with two attached hydrogens (primary N) is 1. The highest BCUT2D eigenvalue weighted by molar-refractivity contribution is 5.38. The molecule has 1 saturated carbocycles. The molecule has 1 aliphatic carbocycles. The molecule has 2 N–H and O–H groups in total. The second kappa shape index (κ2) is 4.77. The molecule has 1 fully saturated rings. The van der Waals surface area contributed by atoms with Crippen molar-refractivity contribution in [2.45, 2.75) is 51.4 Å². The molecule has 0 aromatic heterocycles. The van der Waals surface area contributed by atoms with Gasteiger partial charge in [-0.15, -0.1) is 0 Å². The number of hydrogen-bond acceptors (Lipinski definition) is 1. The largest absolute Gasteiger partial charge is 0.330 e. The molecular weight excluding hydrogens is 213 g/mol. The normalized spacial score (nSPS) is 19.3. The monoisotopic (exact) mass is 235 g/mol. The van der Waals surface area contributed by atoms with Crippen LogP contribution < -0.4 is 5.73 Å². The van der Waals surface area contributed by atoms with Crippen LogP contribution in [0.3, 0.4) is 0 Å². The van der Waals surface area contributed by atoms with Crippen LogP contribution in [-0.4, -0.2) is 6.54 Å². The van der Waals surface area contributed by atoms with Crippen molar-refractivity contribution in [2.24, 2.45) is 5.73 Å². The molecule has 17 heavy (non-hydrogen) atoms. The summed E-state index contributed by atoms with van der Waals surface area (Å²) in [4.78, 5) is 0. The molecule has 0 saturated heterocycles. The number of rotatable bonds is 2. The van der Waals surface area contributed by atoms with Gasteiger partial charge >= 0.3 is 0 Å². The zero-order valence-electron chi connectivity index (χ0n) is 10.9. The average Bonchev–Trinajstić information content (AvgIpc) is 2.34. The van der Waals surface area contributed by atoms with Gasteiger partial charge in [0.15, 0.2) is 0 Å². The molecule has 0 heterocycles. The van der Waals surface area contributed by atoms with Gasteiger partial charge in [0.1, 0.15) is 5.82 Å². The Labute approximate surface area is 103 Å². The van der Waals surface area contributed by atoms with E-state index in [4.69, 9.17) is 5.73 Å². The molecule has 1 nitrogen and oxygen atoms in total. The Kier molecular flexibility index (Phi) is 3.53. The summed E-state index contributed by atoms with van der Waals surface area (Å²) >= 11 is 0. The summed E-state index contributed by atoms with van der Waals surface area (Å²) in [5, 5.41) is 0. The predicted molar refractivity (Wildman–Crippen MR) is 69.7 cm³/mol. The van der Waals surface area contributed by atoms with E-state index in [1.54, 1.807) is 6.07 Å². The Morgan fingerprint density at radius 1 is 1.12 bits per heavy atom. The minimum absolute atomic E-state index is 0.0980. The van der Waals surface area contributed by atoms with Crippen LogP contribution in [0.25, 0.3) is 0 Å². The Balaban J connectivity index is 2.46. The summed E-state index contributed by atoms with van der Waals surface area (Å²) in [6, 6.07) is 3.68. The third-order valence-electron chi connectivity index (χ3n) is 4.28. The smallest absolute Gasteiger partial charge is 0.126 e. The van der Waals surface area contributed by atoms with Crippen molar-refractivity contribution < 1.29 is 4.39 Å². The van der Waals surface area contributed by atoms with Gasteiger partial charge in [0, 0.05) is 12.0 Å². The molecule has 0 spiro atoms. The number of halogens is 1. The van der Waals surface area contributed by atoms with Gasteiger partial charge in [-0.1, -0.05) is 25.3 Å². The lowest BCUT2D eigenvalue weighted by Crippen LogP contribution is -2.37. The third kappa shape index (κ3) is 2.23. The molecule has 0 atom stereocenters. The van der Waals surface area contributed by atoms with Crippen LogP contribution in [0.2, 0.25) is 0 Å². The zero-order chi connectivity index (χ0) is 12.5. The third-order valence-corrected chi connectivity index (χ3v) is 4.28. The molecule has 0 aliphatic heterocycles. The van der Waals surface area contributed by atoms with Crippen molar-refractivity contribution in [2.75, 3.05) is 6.54 Å². The van der Waals surface area contributed by atoms with Crippen molar-refractivity contribution in [3.63, 3.8) is 0 Å². The fourth-order valence-electron chi connectivity index (χ4n) is 3.16. The Hall–Kier alpha value is -0.890. The van der Waals surface area contributed by atoms with E-state index in [0.717, 1.165) is 24.0 Å². The molecule has 0 unspecified atom stereocenters. The van der Waals surface area contributed by atoms with Crippen molar-refractivity contribution in [1.82, 2.24) is 0 Å². The highest BCUT2D eigenvalue weighted by atomic mass is 19.1. The molecule has 1 aromatic carbocycles. The quantitative estimate of drug-likeness (QED) is 0.832. The topological polar surface area (TPSA) is 26.0 Å². The van der Waals surface area contributed by atoms with Crippen LogP contribution in [0.15, 0.2) is 12.1 Å². The van der Waals surface area contributed by atoms with Gasteiger partial charge in [0.2, 0.25) is 0 Å². The maximum Gasteiger partial charge on any atom is 0.126 e. The Bertz CT molecular complexity index is 406. The standard InChI is InChI=1S/C15H22FN/c1-11-9-14(16)12(2)8-13(11)15(10-17)6-4-3-5-7-15/h8-9H,3-7,10,17H2,1-2H3. The first-order valence-electron chi connectivity index (χ1n) is 6.56. The van der Waals surface area contributed by atoms with Gasteiger partial charge < -0.3 is 5.73 Å². The first-order valence-corrected chi connectivity index (χ1v) is 6.56. The van der Waals surface area contributed by atoms with Gasteiger partial charge in [-0.2, -0.15) is 0 Å². The Morgan fingerprint density at radius 2 is 1.76 bits per heavy atom. The van der Waals surface area contributed by atoms with Gasteiger partial charge in [0.05, 0.1) is 0 Å². The molecule has 94 valence electrons. The summed E-state index contributed by atoms with van der Waals surface area (Å²) in [5.41, 5.74) is 9.20. The van der Waals surface area contributed by atoms with E-state index in [0.29, 0.717) is 6.54 Å². The van der Waals surface area contributed by atoms with E-state index in [1.807, 2.05) is 19.9 Å². The molecule has 0 bridgehead atoms. The molecule has 2 heteroatoms. The summed E-state index contributed by atoms with van der Waals surface area (Å²) in [7, 11) is 0. The molecule has 1 aromatic rings. The zero-order valence-corrected chi connectivity index (χ0v) is 10.9. The van der Waals surface area contributed by atoms with Crippen LogP contribution in [0, 0.1) is 19.7 Å². The van der Waals surface area contributed by atoms with Crippen molar-refractivity contribution >= 4 is 0 Å². The van der Waals surface area contributed by atoms with Gasteiger partial charge in [-0.25, -0.2) is 4.39 Å². The van der Waals surface area contributed by atoms with Crippen LogP contribution in [0.1, 0.15) is 48.8 Å². The van der Waals surface area contributed by atoms with Crippen LogP contribution >= 0.6 is 0 Å². The van der Waals surface area contributed by atoms with E-state index >= 15 is 0 Å². The second-order valence-electron chi connectivity index (χ2n) is 5.46. The van der Waals surface area contributed by atoms with E-state index in [1.165, 1.54) is 24.8 Å². The summed E-state index contributed by atoms with van der Waals surface area (Å²) in [5.74, 6) is -0.103. The summed E-state index contributed by atoms with van der Waals surface area (Å²) in [6.45, 7) is 4.52. The predicted octanol–water partition coefficient (Wildman–Crippen LogP) is 3.60. The van der Waals surface area contributed by atoms with Gasteiger partial charge in [-0.05, 0) is 49.4 Å². The van der Waals surface area contributed by atoms with Crippen molar-refractivity contribution in [3.05, 3.63) is 34.6 Å². The maximum atomic E-state index is 13.5. The lowest BCUT2D eigenvalue weighted by atomic mass is 9.68.